The predicted octanol–water partition coefficient (Wildman–Crippen LogP) is 1.99. The third kappa shape index (κ3) is 4.65. The maximum absolute atomic E-state index is 10.7. The summed E-state index contributed by atoms with van der Waals surface area (Å²) in [6.45, 7) is 6.76. The van der Waals surface area contributed by atoms with E-state index < -0.39 is 0 Å². The Kier molecular flexibility index (Phi) is 5.36. The van der Waals surface area contributed by atoms with E-state index in [9.17, 15) is 4.79 Å². The van der Waals surface area contributed by atoms with E-state index in [2.05, 4.69) is 11.8 Å². The number of hydrogen-bond acceptors (Lipinski definition) is 4. The van der Waals surface area contributed by atoms with Gasteiger partial charge in [-0.25, -0.2) is 0 Å². The Morgan fingerprint density at radius 3 is 2.95 bits per heavy atom. The van der Waals surface area contributed by atoms with Gasteiger partial charge in [-0.2, -0.15) is 0 Å². The molecule has 4 nitrogen and oxygen atoms in total. The van der Waals surface area contributed by atoms with Crippen molar-refractivity contribution in [3.05, 3.63) is 29.8 Å². The van der Waals surface area contributed by atoms with Crippen LogP contribution in [-0.4, -0.2) is 50.1 Å². The first kappa shape index (κ1) is 14.0. The number of aldehydes is 1. The molecule has 0 amide bonds. The average Bonchev–Trinajstić information content (AvgIpc) is 2.46. The van der Waals surface area contributed by atoms with Crippen LogP contribution in [-0.2, 0) is 4.74 Å². The molecule has 1 aromatic carbocycles. The van der Waals surface area contributed by atoms with Crippen LogP contribution in [0.2, 0.25) is 0 Å². The third-order valence-corrected chi connectivity index (χ3v) is 3.29. The summed E-state index contributed by atoms with van der Waals surface area (Å²) in [4.78, 5) is 13.1. The van der Waals surface area contributed by atoms with Gasteiger partial charge in [0.15, 0.2) is 0 Å². The molecule has 0 saturated carbocycles. The lowest BCUT2D eigenvalue weighted by Gasteiger charge is -2.27. The van der Waals surface area contributed by atoms with Crippen molar-refractivity contribution in [3.8, 4) is 5.75 Å². The quantitative estimate of drug-likeness (QED) is 0.736. The zero-order valence-corrected chi connectivity index (χ0v) is 11.4. The molecule has 1 saturated heterocycles. The molecule has 1 fully saturated rings. The van der Waals surface area contributed by atoms with Crippen molar-refractivity contribution in [1.82, 2.24) is 4.90 Å². The monoisotopic (exact) mass is 263 g/mol. The molecule has 1 aliphatic rings. The maximum Gasteiger partial charge on any atom is 0.150 e. The standard InChI is InChI=1S/C15H21NO3/c1-13(5-6-16-7-9-18-10-8-16)19-15-4-2-3-14(11-15)12-17/h2-4,11-13H,5-10H2,1H3. The molecule has 1 aliphatic heterocycles. The summed E-state index contributed by atoms with van der Waals surface area (Å²) in [7, 11) is 0. The number of rotatable bonds is 6. The lowest BCUT2D eigenvalue weighted by molar-refractivity contribution is 0.0327. The number of hydrogen-bond donors (Lipinski definition) is 0. The molecule has 1 aromatic rings. The molecule has 0 aliphatic carbocycles. The van der Waals surface area contributed by atoms with Gasteiger partial charge in [0.1, 0.15) is 12.0 Å². The van der Waals surface area contributed by atoms with E-state index in [0.29, 0.717) is 5.56 Å². The van der Waals surface area contributed by atoms with Crippen molar-refractivity contribution < 1.29 is 14.3 Å². The zero-order valence-electron chi connectivity index (χ0n) is 11.4. The van der Waals surface area contributed by atoms with E-state index in [0.717, 1.165) is 51.3 Å². The molecular weight excluding hydrogens is 242 g/mol. The Morgan fingerprint density at radius 1 is 1.42 bits per heavy atom. The van der Waals surface area contributed by atoms with Crippen LogP contribution in [0.4, 0.5) is 0 Å². The van der Waals surface area contributed by atoms with Gasteiger partial charge >= 0.3 is 0 Å². The lowest BCUT2D eigenvalue weighted by atomic mass is 10.2. The second kappa shape index (κ2) is 7.26. The average molecular weight is 263 g/mol. The van der Waals surface area contributed by atoms with Crippen LogP contribution in [0.5, 0.6) is 5.75 Å². The van der Waals surface area contributed by atoms with Crippen molar-refractivity contribution in [2.24, 2.45) is 0 Å². The number of benzene rings is 1. The number of morpholine rings is 1. The van der Waals surface area contributed by atoms with Crippen LogP contribution in [0.3, 0.4) is 0 Å². The van der Waals surface area contributed by atoms with Crippen LogP contribution in [0.1, 0.15) is 23.7 Å². The fourth-order valence-electron chi connectivity index (χ4n) is 2.14. The molecule has 0 aromatic heterocycles. The normalized spacial score (nSPS) is 17.9. The predicted molar refractivity (Wildman–Crippen MR) is 73.8 cm³/mol. The highest BCUT2D eigenvalue weighted by Gasteiger charge is 2.12. The van der Waals surface area contributed by atoms with E-state index in [1.807, 2.05) is 12.1 Å². The summed E-state index contributed by atoms with van der Waals surface area (Å²) in [5.74, 6) is 0.763. The first-order valence-corrected chi connectivity index (χ1v) is 6.80. The minimum atomic E-state index is 0.143. The van der Waals surface area contributed by atoms with Crippen molar-refractivity contribution in [1.29, 1.82) is 0 Å². The molecule has 0 spiro atoms. The molecule has 104 valence electrons. The molecular formula is C15H21NO3. The van der Waals surface area contributed by atoms with Crippen LogP contribution in [0.15, 0.2) is 24.3 Å². The van der Waals surface area contributed by atoms with Crippen molar-refractivity contribution >= 4 is 6.29 Å². The number of carbonyl (C=O) groups excluding carboxylic acids is 1. The zero-order chi connectivity index (χ0) is 13.5. The van der Waals surface area contributed by atoms with Gasteiger partial charge in [0.25, 0.3) is 0 Å². The van der Waals surface area contributed by atoms with Crippen molar-refractivity contribution in [2.75, 3.05) is 32.8 Å². The van der Waals surface area contributed by atoms with Crippen LogP contribution in [0, 0.1) is 0 Å². The summed E-state index contributed by atoms with van der Waals surface area (Å²) in [5, 5.41) is 0. The van der Waals surface area contributed by atoms with Crippen LogP contribution >= 0.6 is 0 Å². The smallest absolute Gasteiger partial charge is 0.150 e. The van der Waals surface area contributed by atoms with Crippen molar-refractivity contribution in [2.45, 2.75) is 19.4 Å². The van der Waals surface area contributed by atoms with Gasteiger partial charge in [-0.1, -0.05) is 12.1 Å². The summed E-state index contributed by atoms with van der Waals surface area (Å²) in [5.41, 5.74) is 0.651. The molecule has 2 rings (SSSR count). The molecule has 0 N–H and O–H groups in total. The van der Waals surface area contributed by atoms with Gasteiger partial charge in [-0.05, 0) is 25.5 Å². The highest BCUT2D eigenvalue weighted by Crippen LogP contribution is 2.15. The Balaban J connectivity index is 1.76. The van der Waals surface area contributed by atoms with E-state index in [1.54, 1.807) is 12.1 Å². The first-order chi connectivity index (χ1) is 9.28. The molecule has 1 heterocycles. The van der Waals surface area contributed by atoms with Crippen LogP contribution < -0.4 is 4.74 Å². The van der Waals surface area contributed by atoms with Gasteiger partial charge in [0.05, 0.1) is 19.3 Å². The summed E-state index contributed by atoms with van der Waals surface area (Å²) >= 11 is 0. The van der Waals surface area contributed by atoms with Gasteiger partial charge in [-0.3, -0.25) is 9.69 Å². The summed E-state index contributed by atoms with van der Waals surface area (Å²) < 4.78 is 11.2. The first-order valence-electron chi connectivity index (χ1n) is 6.80. The molecule has 1 unspecified atom stereocenters. The number of carbonyl (C=O) groups is 1. The lowest BCUT2D eigenvalue weighted by Crippen LogP contribution is -2.38. The minimum Gasteiger partial charge on any atom is -0.491 e. The van der Waals surface area contributed by atoms with E-state index in [-0.39, 0.29) is 6.10 Å². The summed E-state index contributed by atoms with van der Waals surface area (Å²) in [6.07, 6.45) is 1.96. The Morgan fingerprint density at radius 2 is 2.21 bits per heavy atom. The Bertz CT molecular complexity index is 402. The fourth-order valence-corrected chi connectivity index (χ4v) is 2.14. The van der Waals surface area contributed by atoms with Gasteiger partial charge < -0.3 is 9.47 Å². The third-order valence-electron chi connectivity index (χ3n) is 3.29. The highest BCUT2D eigenvalue weighted by molar-refractivity contribution is 5.75. The Labute approximate surface area is 114 Å². The SMILES string of the molecule is CC(CCN1CCOCC1)Oc1cccc(C=O)c1. The van der Waals surface area contributed by atoms with E-state index >= 15 is 0 Å². The van der Waals surface area contributed by atoms with Gasteiger partial charge in [0, 0.05) is 25.2 Å². The van der Waals surface area contributed by atoms with Crippen LogP contribution in [0.25, 0.3) is 0 Å². The fraction of sp³-hybridized carbons (Fsp3) is 0.533. The Hall–Kier alpha value is -1.39. The number of nitrogens with zero attached hydrogens (tertiary/aromatic N) is 1. The second-order valence-electron chi connectivity index (χ2n) is 4.86. The topological polar surface area (TPSA) is 38.8 Å². The highest BCUT2D eigenvalue weighted by atomic mass is 16.5. The van der Waals surface area contributed by atoms with E-state index in [4.69, 9.17) is 9.47 Å². The largest absolute Gasteiger partial charge is 0.491 e. The maximum atomic E-state index is 10.7. The minimum absolute atomic E-state index is 0.143. The van der Waals surface area contributed by atoms with Gasteiger partial charge in [-0.15, -0.1) is 0 Å². The van der Waals surface area contributed by atoms with E-state index in [1.165, 1.54) is 0 Å². The number of ether oxygens (including phenoxy) is 2. The summed E-state index contributed by atoms with van der Waals surface area (Å²) in [6, 6.07) is 7.28. The molecule has 0 radical (unpaired) electrons. The second-order valence-corrected chi connectivity index (χ2v) is 4.86. The van der Waals surface area contributed by atoms with Gasteiger partial charge in [0.2, 0.25) is 0 Å². The molecule has 19 heavy (non-hydrogen) atoms. The molecule has 1 atom stereocenters. The van der Waals surface area contributed by atoms with Crippen molar-refractivity contribution in [3.63, 3.8) is 0 Å². The molecule has 4 heteroatoms. The molecule has 0 bridgehead atoms.